The highest BCUT2D eigenvalue weighted by Crippen LogP contribution is 2.19. The van der Waals surface area contributed by atoms with Crippen molar-refractivity contribution in [2.75, 3.05) is 7.11 Å². The summed E-state index contributed by atoms with van der Waals surface area (Å²) >= 11 is 0. The Morgan fingerprint density at radius 2 is 2.25 bits per heavy atom. The van der Waals surface area contributed by atoms with Gasteiger partial charge in [0.2, 0.25) is 0 Å². The van der Waals surface area contributed by atoms with Gasteiger partial charge in [-0.1, -0.05) is 11.8 Å². The molecule has 1 aromatic rings. The van der Waals surface area contributed by atoms with Crippen LogP contribution in [0.15, 0.2) is 18.2 Å². The number of hydrogen-bond acceptors (Lipinski definition) is 3. The van der Waals surface area contributed by atoms with Gasteiger partial charge in [0.05, 0.1) is 19.1 Å². The Morgan fingerprint density at radius 1 is 1.50 bits per heavy atom. The quantitative estimate of drug-likeness (QED) is 0.440. The van der Waals surface area contributed by atoms with Gasteiger partial charge in [0.25, 0.3) is 0 Å². The molecule has 0 radical (unpaired) electrons. The topological polar surface area (TPSA) is 43.4 Å². The first-order valence-corrected chi connectivity index (χ1v) is 4.80. The second kappa shape index (κ2) is 5.72. The second-order valence-corrected chi connectivity index (χ2v) is 3.14. The molecule has 0 heterocycles. The molecule has 0 aromatic heterocycles. The smallest absolute Gasteiger partial charge is 0.159 e. The summed E-state index contributed by atoms with van der Waals surface area (Å²) in [6.07, 6.45) is 0.905. The highest BCUT2D eigenvalue weighted by Gasteiger charge is 2.04. The summed E-state index contributed by atoms with van der Waals surface area (Å²) < 4.78 is 5.11. The third-order valence-electron chi connectivity index (χ3n) is 2.01. The minimum absolute atomic E-state index is 0.0268. The van der Waals surface area contributed by atoms with E-state index >= 15 is 0 Å². The van der Waals surface area contributed by atoms with Gasteiger partial charge < -0.3 is 9.53 Å². The van der Waals surface area contributed by atoms with Crippen LogP contribution in [-0.2, 0) is 4.79 Å². The van der Waals surface area contributed by atoms with Crippen LogP contribution in [0.3, 0.4) is 0 Å². The van der Waals surface area contributed by atoms with Gasteiger partial charge >= 0.3 is 0 Å². The fourth-order valence-electron chi connectivity index (χ4n) is 1.21. The van der Waals surface area contributed by atoms with E-state index in [1.54, 1.807) is 18.2 Å². The first-order chi connectivity index (χ1) is 7.69. The van der Waals surface area contributed by atoms with E-state index in [0.29, 0.717) is 16.9 Å². The molecule has 0 fully saturated rings. The molecular weight excluding hydrogens is 204 g/mol. The average Bonchev–Trinajstić information content (AvgIpc) is 2.29. The average molecular weight is 216 g/mol. The molecule has 0 amide bonds. The van der Waals surface area contributed by atoms with Gasteiger partial charge in [-0.2, -0.15) is 0 Å². The van der Waals surface area contributed by atoms with Crippen molar-refractivity contribution in [1.82, 2.24) is 0 Å². The number of aldehydes is 1. The fraction of sp³-hybridized carbons (Fsp3) is 0.231. The molecule has 0 spiro atoms. The molecule has 0 bridgehead atoms. The second-order valence-electron chi connectivity index (χ2n) is 3.14. The monoisotopic (exact) mass is 216 g/mol. The SMILES string of the molecule is COc1ccc(C(C)=O)cc1C#CCC=O. The number of carbonyl (C=O) groups is 2. The summed E-state index contributed by atoms with van der Waals surface area (Å²) in [7, 11) is 1.54. The van der Waals surface area contributed by atoms with Crippen molar-refractivity contribution in [3.8, 4) is 17.6 Å². The Kier molecular flexibility index (Phi) is 4.28. The van der Waals surface area contributed by atoms with Crippen LogP contribution in [0.25, 0.3) is 0 Å². The summed E-state index contributed by atoms with van der Waals surface area (Å²) in [6.45, 7) is 1.49. The van der Waals surface area contributed by atoms with Gasteiger partial charge in [-0.25, -0.2) is 0 Å². The molecule has 0 aliphatic heterocycles. The van der Waals surface area contributed by atoms with Crippen molar-refractivity contribution < 1.29 is 14.3 Å². The molecule has 0 atom stereocenters. The van der Waals surface area contributed by atoms with Crippen LogP contribution in [0.5, 0.6) is 5.75 Å². The molecule has 3 nitrogen and oxygen atoms in total. The summed E-state index contributed by atoms with van der Waals surface area (Å²) in [5.74, 6) is 6.06. The largest absolute Gasteiger partial charge is 0.495 e. The van der Waals surface area contributed by atoms with Crippen LogP contribution in [0.1, 0.15) is 29.3 Å². The van der Waals surface area contributed by atoms with E-state index in [9.17, 15) is 9.59 Å². The van der Waals surface area contributed by atoms with Gasteiger partial charge in [-0.3, -0.25) is 4.79 Å². The molecule has 0 saturated carbocycles. The Hall–Kier alpha value is -2.08. The Labute approximate surface area is 94.4 Å². The van der Waals surface area contributed by atoms with Crippen molar-refractivity contribution in [3.05, 3.63) is 29.3 Å². The summed E-state index contributed by atoms with van der Waals surface area (Å²) in [5, 5.41) is 0. The number of ether oxygens (including phenoxy) is 1. The van der Waals surface area contributed by atoms with Gasteiger partial charge in [0.15, 0.2) is 5.78 Å². The highest BCUT2D eigenvalue weighted by molar-refractivity contribution is 5.94. The molecule has 0 saturated heterocycles. The molecule has 1 rings (SSSR count). The molecular formula is C13H12O3. The lowest BCUT2D eigenvalue weighted by atomic mass is 10.1. The zero-order valence-corrected chi connectivity index (χ0v) is 9.24. The molecule has 16 heavy (non-hydrogen) atoms. The maximum atomic E-state index is 11.2. The van der Waals surface area contributed by atoms with Crippen LogP contribution in [0.4, 0.5) is 0 Å². The first-order valence-electron chi connectivity index (χ1n) is 4.80. The first kappa shape index (κ1) is 12.0. The van der Waals surface area contributed by atoms with E-state index < -0.39 is 0 Å². The maximum absolute atomic E-state index is 11.2. The van der Waals surface area contributed by atoms with Crippen LogP contribution in [0, 0.1) is 11.8 Å². The number of benzene rings is 1. The zero-order valence-electron chi connectivity index (χ0n) is 9.24. The minimum atomic E-state index is -0.0268. The lowest BCUT2D eigenvalue weighted by molar-refractivity contribution is -0.107. The molecule has 0 aliphatic rings. The third-order valence-corrected chi connectivity index (χ3v) is 2.01. The number of Topliss-reactive ketones (excluding diaryl/α,β-unsaturated/α-hetero) is 1. The molecule has 1 aromatic carbocycles. The van der Waals surface area contributed by atoms with E-state index in [-0.39, 0.29) is 12.2 Å². The number of rotatable bonds is 3. The van der Waals surface area contributed by atoms with Crippen LogP contribution >= 0.6 is 0 Å². The van der Waals surface area contributed by atoms with Crippen molar-refractivity contribution in [2.45, 2.75) is 13.3 Å². The highest BCUT2D eigenvalue weighted by atomic mass is 16.5. The predicted octanol–water partition coefficient (Wildman–Crippen LogP) is 1.84. The normalized spacial score (nSPS) is 8.88. The summed E-state index contributed by atoms with van der Waals surface area (Å²) in [6, 6.07) is 5.05. The van der Waals surface area contributed by atoms with Crippen molar-refractivity contribution in [2.24, 2.45) is 0 Å². The fourth-order valence-corrected chi connectivity index (χ4v) is 1.21. The Morgan fingerprint density at radius 3 is 2.81 bits per heavy atom. The third kappa shape index (κ3) is 2.96. The van der Waals surface area contributed by atoms with E-state index in [1.165, 1.54) is 14.0 Å². The number of hydrogen-bond donors (Lipinski definition) is 0. The molecule has 82 valence electrons. The van der Waals surface area contributed by atoms with Gasteiger partial charge in [0, 0.05) is 5.56 Å². The van der Waals surface area contributed by atoms with Crippen molar-refractivity contribution in [1.29, 1.82) is 0 Å². The number of ketones is 1. The van der Waals surface area contributed by atoms with Crippen molar-refractivity contribution >= 4 is 12.1 Å². The lowest BCUT2D eigenvalue weighted by Gasteiger charge is -2.04. The number of carbonyl (C=O) groups excluding carboxylic acids is 2. The van der Waals surface area contributed by atoms with E-state index in [4.69, 9.17) is 4.74 Å². The predicted molar refractivity (Wildman–Crippen MR) is 60.6 cm³/mol. The molecule has 0 aliphatic carbocycles. The van der Waals surface area contributed by atoms with Crippen molar-refractivity contribution in [3.63, 3.8) is 0 Å². The zero-order chi connectivity index (χ0) is 12.0. The number of methoxy groups -OCH3 is 1. The standard InChI is InChI=1S/C13H12O3/c1-10(15)11-6-7-13(16-2)12(9-11)5-3-4-8-14/h6-9H,4H2,1-2H3. The summed E-state index contributed by atoms with van der Waals surface area (Å²) in [4.78, 5) is 21.3. The Balaban J connectivity index is 3.13. The van der Waals surface area contributed by atoms with Gasteiger partial charge in [-0.05, 0) is 25.1 Å². The molecule has 0 unspecified atom stereocenters. The van der Waals surface area contributed by atoms with E-state index in [2.05, 4.69) is 11.8 Å². The molecule has 3 heteroatoms. The summed E-state index contributed by atoms with van der Waals surface area (Å²) in [5.41, 5.74) is 1.20. The van der Waals surface area contributed by atoms with Gasteiger partial charge in [0.1, 0.15) is 12.0 Å². The molecule has 0 N–H and O–H groups in total. The Bertz CT molecular complexity index is 464. The van der Waals surface area contributed by atoms with Crippen LogP contribution < -0.4 is 4.74 Å². The lowest BCUT2D eigenvalue weighted by Crippen LogP contribution is -1.95. The van der Waals surface area contributed by atoms with E-state index in [1.807, 2.05) is 0 Å². The van der Waals surface area contributed by atoms with Crippen LogP contribution in [0.2, 0.25) is 0 Å². The van der Waals surface area contributed by atoms with Crippen LogP contribution in [-0.4, -0.2) is 19.2 Å². The maximum Gasteiger partial charge on any atom is 0.159 e. The minimum Gasteiger partial charge on any atom is -0.495 e. The van der Waals surface area contributed by atoms with Gasteiger partial charge in [-0.15, -0.1) is 0 Å². The van der Waals surface area contributed by atoms with E-state index in [0.717, 1.165) is 6.29 Å².